The van der Waals surface area contributed by atoms with Crippen LogP contribution < -0.4 is 10.1 Å². The number of rotatable bonds is 9. The number of carbonyl (C=O) groups is 2. The van der Waals surface area contributed by atoms with Gasteiger partial charge in [0.15, 0.2) is 6.61 Å². The minimum Gasteiger partial charge on any atom is -0.484 e. The predicted octanol–water partition coefficient (Wildman–Crippen LogP) is 4.07. The van der Waals surface area contributed by atoms with Gasteiger partial charge in [-0.15, -0.1) is 0 Å². The van der Waals surface area contributed by atoms with Gasteiger partial charge in [-0.3, -0.25) is 9.59 Å². The Balaban J connectivity index is 1.74. The fourth-order valence-corrected chi connectivity index (χ4v) is 3.82. The second-order valence-electron chi connectivity index (χ2n) is 7.66. The topological polar surface area (TPSA) is 58.6 Å². The Bertz CT molecular complexity index is 820. The summed E-state index contributed by atoms with van der Waals surface area (Å²) in [6.07, 6.45) is 4.67. The molecule has 1 N–H and O–H groups in total. The Morgan fingerprint density at radius 2 is 1.77 bits per heavy atom. The van der Waals surface area contributed by atoms with E-state index in [9.17, 15) is 14.0 Å². The lowest BCUT2D eigenvalue weighted by atomic mass is 10.1. The third-order valence-electron chi connectivity index (χ3n) is 5.46. The van der Waals surface area contributed by atoms with Crippen LogP contribution in [0, 0.1) is 5.82 Å². The van der Waals surface area contributed by atoms with E-state index in [0.717, 1.165) is 31.2 Å². The van der Waals surface area contributed by atoms with E-state index in [2.05, 4.69) is 5.32 Å². The summed E-state index contributed by atoms with van der Waals surface area (Å²) in [6, 6.07) is 14.7. The Morgan fingerprint density at radius 1 is 1.10 bits per heavy atom. The largest absolute Gasteiger partial charge is 0.484 e. The number of para-hydroxylation sites is 1. The first-order valence-corrected chi connectivity index (χ1v) is 10.6. The fourth-order valence-electron chi connectivity index (χ4n) is 3.82. The molecule has 0 heterocycles. The lowest BCUT2D eigenvalue weighted by Gasteiger charge is -2.31. The number of benzene rings is 2. The molecule has 6 heteroatoms. The number of halogens is 1. The number of ether oxygens (including phenoxy) is 1. The van der Waals surface area contributed by atoms with Crippen LogP contribution in [0.1, 0.15) is 44.6 Å². The van der Waals surface area contributed by atoms with E-state index >= 15 is 0 Å². The van der Waals surface area contributed by atoms with Gasteiger partial charge >= 0.3 is 0 Å². The summed E-state index contributed by atoms with van der Waals surface area (Å²) in [6.45, 7) is 1.94. The average molecular weight is 413 g/mol. The maximum absolute atomic E-state index is 13.3. The molecular formula is C24H29FN2O3. The zero-order valence-electron chi connectivity index (χ0n) is 17.4. The smallest absolute Gasteiger partial charge is 0.261 e. The molecule has 0 spiro atoms. The van der Waals surface area contributed by atoms with Gasteiger partial charge in [0.25, 0.3) is 5.91 Å². The van der Waals surface area contributed by atoms with Gasteiger partial charge in [0.1, 0.15) is 17.6 Å². The van der Waals surface area contributed by atoms with Crippen molar-refractivity contribution in [1.29, 1.82) is 0 Å². The quantitative estimate of drug-likeness (QED) is 0.675. The first kappa shape index (κ1) is 21.8. The van der Waals surface area contributed by atoms with Crippen LogP contribution in [-0.4, -0.2) is 35.4 Å². The first-order valence-electron chi connectivity index (χ1n) is 10.6. The van der Waals surface area contributed by atoms with Crippen LogP contribution in [0.2, 0.25) is 0 Å². The van der Waals surface area contributed by atoms with Crippen molar-refractivity contribution in [2.45, 2.75) is 57.7 Å². The Hall–Kier alpha value is -2.89. The van der Waals surface area contributed by atoms with E-state index in [0.29, 0.717) is 12.2 Å². The Kier molecular flexibility index (Phi) is 7.82. The molecule has 30 heavy (non-hydrogen) atoms. The summed E-state index contributed by atoms with van der Waals surface area (Å²) in [5.74, 6) is -0.165. The zero-order valence-corrected chi connectivity index (χ0v) is 17.4. The van der Waals surface area contributed by atoms with Gasteiger partial charge in [-0.25, -0.2) is 4.39 Å². The second-order valence-corrected chi connectivity index (χ2v) is 7.66. The molecule has 2 aromatic carbocycles. The summed E-state index contributed by atoms with van der Waals surface area (Å²) in [5.41, 5.74) is 0.761. The Morgan fingerprint density at radius 3 is 2.40 bits per heavy atom. The minimum atomic E-state index is -0.609. The molecular weight excluding hydrogens is 383 g/mol. The number of hydrogen-bond acceptors (Lipinski definition) is 3. The molecule has 0 bridgehead atoms. The number of carbonyl (C=O) groups excluding carboxylic acids is 2. The highest BCUT2D eigenvalue weighted by Gasteiger charge is 2.30. The van der Waals surface area contributed by atoms with Crippen molar-refractivity contribution in [3.05, 3.63) is 66.0 Å². The molecule has 0 unspecified atom stereocenters. The van der Waals surface area contributed by atoms with Crippen molar-refractivity contribution in [1.82, 2.24) is 10.2 Å². The van der Waals surface area contributed by atoms with E-state index in [1.54, 1.807) is 29.2 Å². The average Bonchev–Trinajstić information content (AvgIpc) is 3.27. The van der Waals surface area contributed by atoms with Crippen LogP contribution >= 0.6 is 0 Å². The summed E-state index contributed by atoms with van der Waals surface area (Å²) < 4.78 is 18.9. The fraction of sp³-hybridized carbons (Fsp3) is 0.417. The van der Waals surface area contributed by atoms with Gasteiger partial charge < -0.3 is 15.0 Å². The van der Waals surface area contributed by atoms with E-state index in [1.807, 2.05) is 25.1 Å². The van der Waals surface area contributed by atoms with Crippen molar-refractivity contribution in [2.24, 2.45) is 0 Å². The molecule has 1 atom stereocenters. The van der Waals surface area contributed by atoms with E-state index in [1.165, 1.54) is 12.1 Å². The third kappa shape index (κ3) is 6.05. The molecule has 1 saturated carbocycles. The van der Waals surface area contributed by atoms with E-state index in [-0.39, 0.29) is 36.8 Å². The molecule has 160 valence electrons. The summed E-state index contributed by atoms with van der Waals surface area (Å²) in [7, 11) is 0. The van der Waals surface area contributed by atoms with Crippen LogP contribution in [0.3, 0.4) is 0 Å². The van der Waals surface area contributed by atoms with Gasteiger partial charge in [0.2, 0.25) is 5.91 Å². The van der Waals surface area contributed by atoms with Crippen molar-refractivity contribution in [2.75, 3.05) is 6.61 Å². The summed E-state index contributed by atoms with van der Waals surface area (Å²) in [4.78, 5) is 27.6. The van der Waals surface area contributed by atoms with Gasteiger partial charge in [0.05, 0.1) is 0 Å². The summed E-state index contributed by atoms with van der Waals surface area (Å²) in [5, 5.41) is 3.10. The van der Waals surface area contributed by atoms with E-state index < -0.39 is 6.04 Å². The molecule has 5 nitrogen and oxygen atoms in total. The predicted molar refractivity (Wildman–Crippen MR) is 113 cm³/mol. The third-order valence-corrected chi connectivity index (χ3v) is 5.46. The SMILES string of the molecule is CC[C@H](C(=O)NC1CCCC1)N(Cc1ccc(F)cc1)C(=O)COc1ccccc1. The molecule has 2 amide bonds. The van der Waals surface area contributed by atoms with Crippen LogP contribution in [0.4, 0.5) is 4.39 Å². The minimum absolute atomic E-state index is 0.139. The molecule has 3 rings (SSSR count). The van der Waals surface area contributed by atoms with Crippen LogP contribution in [-0.2, 0) is 16.1 Å². The normalized spacial score (nSPS) is 14.9. The number of amides is 2. The molecule has 0 radical (unpaired) electrons. The molecule has 1 aliphatic carbocycles. The lowest BCUT2D eigenvalue weighted by Crippen LogP contribution is -2.52. The first-order chi connectivity index (χ1) is 14.6. The molecule has 0 aliphatic heterocycles. The zero-order chi connectivity index (χ0) is 21.3. The Labute approximate surface area is 177 Å². The molecule has 1 fully saturated rings. The number of nitrogens with zero attached hydrogens (tertiary/aromatic N) is 1. The molecule has 0 saturated heterocycles. The van der Waals surface area contributed by atoms with Crippen molar-refractivity contribution in [3.8, 4) is 5.75 Å². The van der Waals surface area contributed by atoms with Crippen LogP contribution in [0.5, 0.6) is 5.75 Å². The lowest BCUT2D eigenvalue weighted by molar-refractivity contribution is -0.143. The van der Waals surface area contributed by atoms with Crippen LogP contribution in [0.15, 0.2) is 54.6 Å². The highest BCUT2D eigenvalue weighted by molar-refractivity contribution is 5.88. The highest BCUT2D eigenvalue weighted by atomic mass is 19.1. The number of nitrogens with one attached hydrogen (secondary N) is 1. The highest BCUT2D eigenvalue weighted by Crippen LogP contribution is 2.19. The maximum atomic E-state index is 13.3. The standard InChI is InChI=1S/C24H29FN2O3/c1-2-22(24(29)26-20-8-6-7-9-20)27(16-18-12-14-19(25)15-13-18)23(28)17-30-21-10-4-3-5-11-21/h3-5,10-15,20,22H,2,6-9,16-17H2,1H3,(H,26,29)/t22-/m1/s1. The maximum Gasteiger partial charge on any atom is 0.261 e. The van der Waals surface area contributed by atoms with Gasteiger partial charge in [-0.1, -0.05) is 50.1 Å². The second kappa shape index (κ2) is 10.8. The van der Waals surface area contributed by atoms with Gasteiger partial charge in [-0.05, 0) is 49.1 Å². The van der Waals surface area contributed by atoms with Gasteiger partial charge in [-0.2, -0.15) is 0 Å². The number of hydrogen-bond donors (Lipinski definition) is 1. The molecule has 2 aromatic rings. The van der Waals surface area contributed by atoms with Crippen LogP contribution in [0.25, 0.3) is 0 Å². The molecule has 0 aromatic heterocycles. The van der Waals surface area contributed by atoms with Gasteiger partial charge in [0, 0.05) is 12.6 Å². The van der Waals surface area contributed by atoms with Crippen molar-refractivity contribution < 1.29 is 18.7 Å². The van der Waals surface area contributed by atoms with Crippen molar-refractivity contribution >= 4 is 11.8 Å². The van der Waals surface area contributed by atoms with E-state index in [4.69, 9.17) is 4.74 Å². The monoisotopic (exact) mass is 412 g/mol. The summed E-state index contributed by atoms with van der Waals surface area (Å²) >= 11 is 0. The van der Waals surface area contributed by atoms with Crippen molar-refractivity contribution in [3.63, 3.8) is 0 Å². The molecule has 1 aliphatic rings.